The second-order valence-electron chi connectivity index (χ2n) is 6.95. The Labute approximate surface area is 138 Å². The normalized spacial score (nSPS) is 27.1. The van der Waals surface area contributed by atoms with E-state index >= 15 is 0 Å². The van der Waals surface area contributed by atoms with Gasteiger partial charge in [0.2, 0.25) is 5.91 Å². The molecule has 118 valence electrons. The lowest BCUT2D eigenvalue weighted by molar-refractivity contribution is -0.121. The number of rotatable bonds is 2. The van der Waals surface area contributed by atoms with Crippen LogP contribution < -0.4 is 4.90 Å². The second kappa shape index (κ2) is 5.84. The molecule has 1 saturated carbocycles. The molecule has 2 aliphatic rings. The number of amides is 1. The summed E-state index contributed by atoms with van der Waals surface area (Å²) in [5, 5.41) is 0. The van der Waals surface area contributed by atoms with Crippen LogP contribution in [0.2, 0.25) is 0 Å². The molecule has 2 aromatic carbocycles. The van der Waals surface area contributed by atoms with Gasteiger partial charge in [0.25, 0.3) is 0 Å². The van der Waals surface area contributed by atoms with Crippen molar-refractivity contribution in [2.24, 2.45) is 11.8 Å². The number of anilines is 1. The van der Waals surface area contributed by atoms with E-state index < -0.39 is 0 Å². The molecular formula is C21H23NO. The Morgan fingerprint density at radius 2 is 1.61 bits per heavy atom. The third-order valence-corrected chi connectivity index (χ3v) is 5.51. The molecule has 0 unspecified atom stereocenters. The maximum absolute atomic E-state index is 13.1. The van der Waals surface area contributed by atoms with Crippen LogP contribution in [0.4, 0.5) is 5.69 Å². The first-order valence-electron chi connectivity index (χ1n) is 8.70. The van der Waals surface area contributed by atoms with E-state index in [0.717, 1.165) is 18.5 Å². The van der Waals surface area contributed by atoms with Gasteiger partial charge < -0.3 is 4.90 Å². The minimum Gasteiger partial charge on any atom is -0.304 e. The van der Waals surface area contributed by atoms with Gasteiger partial charge >= 0.3 is 0 Å². The van der Waals surface area contributed by atoms with Crippen molar-refractivity contribution in [2.45, 2.75) is 38.6 Å². The number of hydrogen-bond acceptors (Lipinski definition) is 1. The van der Waals surface area contributed by atoms with Crippen LogP contribution in [0.25, 0.3) is 0 Å². The average molecular weight is 305 g/mol. The Bertz CT molecular complexity index is 692. The monoisotopic (exact) mass is 305 g/mol. The number of hydrogen-bond donors (Lipinski definition) is 0. The molecule has 1 heterocycles. The Hall–Kier alpha value is -2.09. The maximum Gasteiger partial charge on any atom is 0.231 e. The topological polar surface area (TPSA) is 20.3 Å². The second-order valence-corrected chi connectivity index (χ2v) is 6.95. The fourth-order valence-electron chi connectivity index (χ4n) is 4.39. The van der Waals surface area contributed by atoms with Crippen molar-refractivity contribution in [1.29, 1.82) is 0 Å². The highest BCUT2D eigenvalue weighted by Crippen LogP contribution is 2.50. The van der Waals surface area contributed by atoms with Crippen molar-refractivity contribution in [3.63, 3.8) is 0 Å². The molecule has 4 rings (SSSR count). The fourth-order valence-corrected chi connectivity index (χ4v) is 4.39. The van der Waals surface area contributed by atoms with Crippen LogP contribution in [0.15, 0.2) is 54.6 Å². The lowest BCUT2D eigenvalue weighted by Gasteiger charge is -2.30. The zero-order chi connectivity index (χ0) is 15.8. The first-order chi connectivity index (χ1) is 11.3. The maximum atomic E-state index is 13.1. The smallest absolute Gasteiger partial charge is 0.231 e. The van der Waals surface area contributed by atoms with E-state index in [2.05, 4.69) is 48.2 Å². The van der Waals surface area contributed by atoms with Gasteiger partial charge in [-0.3, -0.25) is 4.79 Å². The highest BCUT2D eigenvalue weighted by molar-refractivity contribution is 5.98. The zero-order valence-electron chi connectivity index (χ0n) is 13.6. The number of carbonyl (C=O) groups excluding carboxylic acids is 1. The third-order valence-electron chi connectivity index (χ3n) is 5.51. The number of fused-ring (bicyclic) bond motifs is 1. The van der Waals surface area contributed by atoms with Crippen LogP contribution in [0.1, 0.15) is 42.9 Å². The Balaban J connectivity index is 1.80. The van der Waals surface area contributed by atoms with Gasteiger partial charge in [0, 0.05) is 11.6 Å². The molecule has 1 amide bonds. The summed E-state index contributed by atoms with van der Waals surface area (Å²) in [5.41, 5.74) is 3.59. The SMILES string of the molecule is Cc1ccc([C@@H]2[C@@H]3CCCC[C@@H]3C(=O)N2c2ccccc2)cc1. The standard InChI is InChI=1S/C21H23NO/c1-15-11-13-16(14-12-15)20-18-9-5-6-10-19(18)21(23)22(20)17-7-3-2-4-8-17/h2-4,7-8,11-14,18-20H,5-6,9-10H2,1H3/t18-,19+,20-/m1/s1. The third kappa shape index (κ3) is 2.46. The fraction of sp³-hybridized carbons (Fsp3) is 0.381. The molecule has 2 heteroatoms. The summed E-state index contributed by atoms with van der Waals surface area (Å²) in [7, 11) is 0. The lowest BCUT2D eigenvalue weighted by atomic mass is 9.76. The molecule has 2 nitrogen and oxygen atoms in total. The quantitative estimate of drug-likeness (QED) is 0.773. The average Bonchev–Trinajstić information content (AvgIpc) is 2.90. The van der Waals surface area contributed by atoms with E-state index in [1.165, 1.54) is 24.0 Å². The lowest BCUT2D eigenvalue weighted by Crippen LogP contribution is -2.29. The predicted octanol–water partition coefficient (Wildman–Crippen LogP) is 4.89. The first-order valence-corrected chi connectivity index (χ1v) is 8.70. The van der Waals surface area contributed by atoms with Crippen molar-refractivity contribution in [2.75, 3.05) is 4.90 Å². The molecule has 0 aromatic heterocycles. The molecule has 3 atom stereocenters. The molecule has 0 spiro atoms. The van der Waals surface area contributed by atoms with Crippen LogP contribution in [0.5, 0.6) is 0 Å². The van der Waals surface area contributed by atoms with Gasteiger partial charge in [-0.05, 0) is 43.4 Å². The van der Waals surface area contributed by atoms with Gasteiger partial charge in [0.1, 0.15) is 0 Å². The van der Waals surface area contributed by atoms with Gasteiger partial charge in [-0.2, -0.15) is 0 Å². The zero-order valence-corrected chi connectivity index (χ0v) is 13.6. The van der Waals surface area contributed by atoms with E-state index in [1.807, 2.05) is 18.2 Å². The van der Waals surface area contributed by atoms with Gasteiger partial charge in [-0.15, -0.1) is 0 Å². The van der Waals surface area contributed by atoms with E-state index in [9.17, 15) is 4.79 Å². The van der Waals surface area contributed by atoms with Crippen molar-refractivity contribution < 1.29 is 4.79 Å². The minimum atomic E-state index is 0.191. The molecule has 0 bridgehead atoms. The Kier molecular flexibility index (Phi) is 3.68. The van der Waals surface area contributed by atoms with E-state index in [0.29, 0.717) is 11.8 Å². The van der Waals surface area contributed by atoms with Crippen molar-refractivity contribution >= 4 is 11.6 Å². The number of para-hydroxylation sites is 1. The molecule has 1 aliphatic heterocycles. The summed E-state index contributed by atoms with van der Waals surface area (Å²) in [6.45, 7) is 2.11. The Morgan fingerprint density at radius 1 is 0.913 bits per heavy atom. The van der Waals surface area contributed by atoms with Crippen LogP contribution >= 0.6 is 0 Å². The summed E-state index contributed by atoms with van der Waals surface area (Å²) in [4.78, 5) is 15.2. The van der Waals surface area contributed by atoms with Crippen LogP contribution in [-0.4, -0.2) is 5.91 Å². The van der Waals surface area contributed by atoms with Gasteiger partial charge in [0.05, 0.1) is 6.04 Å². The summed E-state index contributed by atoms with van der Waals surface area (Å²) in [6.07, 6.45) is 4.66. The summed E-state index contributed by atoms with van der Waals surface area (Å²) in [5.74, 6) is 0.987. The number of carbonyl (C=O) groups is 1. The molecule has 0 radical (unpaired) electrons. The predicted molar refractivity (Wildman–Crippen MR) is 93.3 cm³/mol. The van der Waals surface area contributed by atoms with E-state index in [4.69, 9.17) is 0 Å². The van der Waals surface area contributed by atoms with Crippen molar-refractivity contribution in [1.82, 2.24) is 0 Å². The Morgan fingerprint density at radius 3 is 2.35 bits per heavy atom. The number of benzene rings is 2. The minimum absolute atomic E-state index is 0.191. The molecule has 23 heavy (non-hydrogen) atoms. The van der Waals surface area contributed by atoms with Crippen LogP contribution in [-0.2, 0) is 4.79 Å². The van der Waals surface area contributed by atoms with Crippen LogP contribution in [0, 0.1) is 18.8 Å². The number of aryl methyl sites for hydroxylation is 1. The largest absolute Gasteiger partial charge is 0.304 e. The van der Waals surface area contributed by atoms with Gasteiger partial charge in [0.15, 0.2) is 0 Å². The van der Waals surface area contributed by atoms with Gasteiger partial charge in [-0.25, -0.2) is 0 Å². The van der Waals surface area contributed by atoms with Crippen molar-refractivity contribution in [3.8, 4) is 0 Å². The molecular weight excluding hydrogens is 282 g/mol. The summed E-state index contributed by atoms with van der Waals surface area (Å²) < 4.78 is 0. The van der Waals surface area contributed by atoms with E-state index in [-0.39, 0.29) is 12.0 Å². The summed E-state index contributed by atoms with van der Waals surface area (Å²) >= 11 is 0. The highest BCUT2D eigenvalue weighted by Gasteiger charge is 2.49. The van der Waals surface area contributed by atoms with Crippen molar-refractivity contribution in [3.05, 3.63) is 65.7 Å². The van der Waals surface area contributed by atoms with Gasteiger partial charge in [-0.1, -0.05) is 60.9 Å². The molecule has 1 aliphatic carbocycles. The first kappa shape index (κ1) is 14.5. The van der Waals surface area contributed by atoms with Crippen LogP contribution in [0.3, 0.4) is 0 Å². The molecule has 0 N–H and O–H groups in total. The molecule has 1 saturated heterocycles. The highest BCUT2D eigenvalue weighted by atomic mass is 16.2. The number of nitrogens with zero attached hydrogens (tertiary/aromatic N) is 1. The van der Waals surface area contributed by atoms with E-state index in [1.54, 1.807) is 0 Å². The summed E-state index contributed by atoms with van der Waals surface area (Å²) in [6, 6.07) is 19.1. The molecule has 2 aromatic rings. The molecule has 2 fully saturated rings.